The molecule has 0 aromatic carbocycles. The number of carbonyl (C=O) groups is 1. The van der Waals surface area contributed by atoms with Gasteiger partial charge in [-0.3, -0.25) is 0 Å². The van der Waals surface area contributed by atoms with Crippen LogP contribution < -0.4 is 0 Å². The predicted octanol–water partition coefficient (Wildman–Crippen LogP) is 1.83. The van der Waals surface area contributed by atoms with Crippen molar-refractivity contribution in [1.82, 2.24) is 0 Å². The average Bonchev–Trinajstić information content (AvgIpc) is 2.11. The second kappa shape index (κ2) is 6.49. The van der Waals surface area contributed by atoms with E-state index in [0.717, 1.165) is 0 Å². The molecule has 0 aliphatic heterocycles. The van der Waals surface area contributed by atoms with Crippen molar-refractivity contribution >= 4 is 32.8 Å². The first-order chi connectivity index (χ1) is 8.29. The Morgan fingerprint density at radius 1 is 1.21 bits per heavy atom. The van der Waals surface area contributed by atoms with Gasteiger partial charge in [-0.1, -0.05) is 6.58 Å². The van der Waals surface area contributed by atoms with Crippen LogP contribution in [0.4, 0.5) is 0 Å². The van der Waals surface area contributed by atoms with Crippen LogP contribution in [0.2, 0.25) is 39.3 Å². The summed E-state index contributed by atoms with van der Waals surface area (Å²) in [5, 5.41) is 0. The maximum absolute atomic E-state index is 11.6. The number of carbonyl (C=O) groups excluding carboxylic acids is 1. The Labute approximate surface area is 122 Å². The molecule has 2 atom stereocenters. The summed E-state index contributed by atoms with van der Waals surface area (Å²) >= 11 is 0. The predicted molar refractivity (Wildman–Crippen MR) is 87.3 cm³/mol. The molecule has 0 amide bonds. The second-order valence-electron chi connectivity index (χ2n) is 6.73. The van der Waals surface area contributed by atoms with Gasteiger partial charge in [-0.15, -0.1) is 0 Å². The van der Waals surface area contributed by atoms with E-state index >= 15 is 0 Å². The lowest BCUT2D eigenvalue weighted by Crippen LogP contribution is -2.56. The van der Waals surface area contributed by atoms with Gasteiger partial charge in [-0.2, -0.15) is 0 Å². The normalized spacial score (nSPS) is 17.6. The summed E-state index contributed by atoms with van der Waals surface area (Å²) in [5.41, 5.74) is -0.934. The van der Waals surface area contributed by atoms with E-state index in [1.165, 1.54) is 6.08 Å². The third-order valence-electron chi connectivity index (χ3n) is 2.25. The van der Waals surface area contributed by atoms with Gasteiger partial charge < -0.3 is 13.6 Å². The molecule has 0 aromatic rings. The first-order valence-electron chi connectivity index (χ1n) is 6.52. The molecule has 0 saturated carbocycles. The minimum atomic E-state index is -1.85. The minimum Gasteiger partial charge on any atom is -0.433 e. The van der Waals surface area contributed by atoms with Crippen molar-refractivity contribution in [2.45, 2.75) is 57.7 Å². The van der Waals surface area contributed by atoms with Crippen LogP contribution in [0.1, 0.15) is 6.92 Å². The van der Waals surface area contributed by atoms with Crippen molar-refractivity contribution in [2.75, 3.05) is 0 Å². The molecule has 4 nitrogen and oxygen atoms in total. The Hall–Kier alpha value is -0.219. The highest BCUT2D eigenvalue weighted by molar-refractivity contribution is 6.70. The zero-order chi connectivity index (χ0) is 15.5. The van der Waals surface area contributed by atoms with Gasteiger partial charge in [0.15, 0.2) is 22.0 Å². The summed E-state index contributed by atoms with van der Waals surface area (Å²) in [5.74, 6) is -0.459. The van der Waals surface area contributed by atoms with E-state index in [0.29, 0.717) is 10.2 Å². The lowest BCUT2D eigenvalue weighted by atomic mass is 10.4. The quantitative estimate of drug-likeness (QED) is 0.311. The monoisotopic (exact) mass is 320 g/mol. The third kappa shape index (κ3) is 7.83. The van der Waals surface area contributed by atoms with Crippen molar-refractivity contribution < 1.29 is 18.4 Å². The molecule has 0 aliphatic rings. The molecule has 19 heavy (non-hydrogen) atoms. The maximum Gasteiger partial charge on any atom is 0.332 e. The van der Waals surface area contributed by atoms with Gasteiger partial charge in [-0.05, 0) is 46.2 Å². The largest absolute Gasteiger partial charge is 0.433 e. The molecule has 0 bridgehead atoms. The van der Waals surface area contributed by atoms with Gasteiger partial charge in [0.2, 0.25) is 0 Å². The van der Waals surface area contributed by atoms with Crippen molar-refractivity contribution in [3.63, 3.8) is 0 Å². The van der Waals surface area contributed by atoms with Gasteiger partial charge >= 0.3 is 5.97 Å². The average molecular weight is 321 g/mol. The summed E-state index contributed by atoms with van der Waals surface area (Å²) in [6.07, 6.45) is 0.906. The molecule has 0 heterocycles. The summed E-state index contributed by atoms with van der Waals surface area (Å²) in [6.45, 7) is 17.9. The Morgan fingerprint density at radius 2 is 1.68 bits per heavy atom. The van der Waals surface area contributed by atoms with Gasteiger partial charge in [0.1, 0.15) is 6.10 Å². The van der Waals surface area contributed by atoms with Crippen LogP contribution in [0.25, 0.3) is 0 Å². The van der Waals surface area contributed by atoms with Crippen LogP contribution in [0.5, 0.6) is 0 Å². The standard InChI is InChI=1S/C12H28O4Si3/c1-9-11(13)14-12(17,16-19(6,7)8)10(2)15-18(3,4)5/h9-10H,1H2,2-8,17H3. The molecule has 0 rings (SSSR count). The zero-order valence-electron chi connectivity index (χ0n) is 13.5. The molecule has 0 saturated heterocycles. The van der Waals surface area contributed by atoms with Crippen LogP contribution in [-0.2, 0) is 18.4 Å². The number of esters is 1. The highest BCUT2D eigenvalue weighted by atomic mass is 28.4. The van der Waals surface area contributed by atoms with E-state index in [1.807, 2.05) is 6.92 Å². The van der Waals surface area contributed by atoms with E-state index in [9.17, 15) is 4.79 Å². The fourth-order valence-electron chi connectivity index (χ4n) is 1.67. The summed E-state index contributed by atoms with van der Waals surface area (Å²) in [7, 11) is -3.03. The lowest BCUT2D eigenvalue weighted by molar-refractivity contribution is -0.188. The molecule has 2 unspecified atom stereocenters. The molecule has 0 N–H and O–H groups in total. The van der Waals surface area contributed by atoms with Crippen LogP contribution in [-0.4, -0.2) is 44.4 Å². The molecule has 7 heteroatoms. The minimum absolute atomic E-state index is 0.263. The fraction of sp³-hybridized carbons (Fsp3) is 0.750. The SMILES string of the molecule is C=CC(=O)OC([SiH3])(O[Si](C)(C)C)C(C)O[Si](C)(C)C. The van der Waals surface area contributed by atoms with E-state index in [1.54, 1.807) is 0 Å². The molecule has 0 aliphatic carbocycles. The Kier molecular flexibility index (Phi) is 6.41. The molecule has 0 radical (unpaired) electrons. The zero-order valence-corrected chi connectivity index (χ0v) is 17.5. The highest BCUT2D eigenvalue weighted by Crippen LogP contribution is 2.25. The molecular weight excluding hydrogens is 292 g/mol. The second-order valence-corrected chi connectivity index (χ2v) is 17.0. The number of ether oxygens (including phenoxy) is 1. The van der Waals surface area contributed by atoms with Gasteiger partial charge in [-0.25, -0.2) is 4.79 Å². The van der Waals surface area contributed by atoms with Crippen LogP contribution in [0, 0.1) is 0 Å². The smallest absolute Gasteiger partial charge is 0.332 e. The molecule has 0 fully saturated rings. The topological polar surface area (TPSA) is 44.8 Å². The molecular formula is C12H28O4Si3. The maximum atomic E-state index is 11.6. The number of rotatable bonds is 7. The first kappa shape index (κ1) is 18.8. The first-order valence-corrected chi connectivity index (χ1v) is 14.3. The third-order valence-corrected chi connectivity index (χ3v) is 5.96. The number of hydrogen-bond acceptors (Lipinski definition) is 4. The lowest BCUT2D eigenvalue weighted by Gasteiger charge is -2.41. The molecule has 0 aromatic heterocycles. The fourth-order valence-corrected chi connectivity index (χ4v) is 6.76. The summed E-state index contributed by atoms with van der Waals surface area (Å²) in [6, 6.07) is 0. The van der Waals surface area contributed by atoms with Gasteiger partial charge in [0.25, 0.3) is 0 Å². The van der Waals surface area contributed by atoms with Crippen molar-refractivity contribution in [3.05, 3.63) is 12.7 Å². The number of hydrogen-bond donors (Lipinski definition) is 0. The Bertz CT molecular complexity index is 333. The highest BCUT2D eigenvalue weighted by Gasteiger charge is 2.42. The summed E-state index contributed by atoms with van der Waals surface area (Å²) in [4.78, 5) is 11.6. The van der Waals surface area contributed by atoms with Crippen molar-refractivity contribution in [1.29, 1.82) is 0 Å². The van der Waals surface area contributed by atoms with Gasteiger partial charge in [0.05, 0.1) is 10.2 Å². The van der Waals surface area contributed by atoms with E-state index in [4.69, 9.17) is 13.6 Å². The van der Waals surface area contributed by atoms with Crippen LogP contribution in [0.3, 0.4) is 0 Å². The van der Waals surface area contributed by atoms with Crippen molar-refractivity contribution in [3.8, 4) is 0 Å². The Morgan fingerprint density at radius 3 is 2.00 bits per heavy atom. The van der Waals surface area contributed by atoms with E-state index < -0.39 is 28.0 Å². The van der Waals surface area contributed by atoms with Crippen LogP contribution in [0.15, 0.2) is 12.7 Å². The van der Waals surface area contributed by atoms with E-state index in [2.05, 4.69) is 45.9 Å². The van der Waals surface area contributed by atoms with Crippen LogP contribution >= 0.6 is 0 Å². The van der Waals surface area contributed by atoms with Crippen molar-refractivity contribution in [2.24, 2.45) is 0 Å². The Balaban J connectivity index is 5.14. The molecule has 112 valence electrons. The summed E-state index contributed by atoms with van der Waals surface area (Å²) < 4.78 is 17.7. The molecule has 0 spiro atoms. The van der Waals surface area contributed by atoms with E-state index in [-0.39, 0.29) is 6.10 Å². The van der Waals surface area contributed by atoms with Gasteiger partial charge in [0, 0.05) is 6.08 Å².